The number of benzene rings is 1. The molecule has 2 atom stereocenters. The molecular weight excluding hydrogens is 268 g/mol. The Hall–Kier alpha value is -1.12. The van der Waals surface area contributed by atoms with E-state index in [4.69, 9.17) is 11.6 Å². The molecule has 2 unspecified atom stereocenters. The minimum atomic E-state index is 0.779. The smallest absolute Gasteiger partial charge is 0.0761 e. The van der Waals surface area contributed by atoms with Crippen LogP contribution in [0.25, 0.3) is 10.9 Å². The zero-order valence-corrected chi connectivity index (χ0v) is 12.7. The molecule has 0 spiro atoms. The van der Waals surface area contributed by atoms with E-state index in [9.17, 15) is 0 Å². The fourth-order valence-corrected chi connectivity index (χ4v) is 3.48. The first kappa shape index (κ1) is 13.8. The van der Waals surface area contributed by atoms with E-state index in [0.717, 1.165) is 40.9 Å². The van der Waals surface area contributed by atoms with Crippen molar-refractivity contribution in [3.8, 4) is 0 Å². The van der Waals surface area contributed by atoms with Gasteiger partial charge in [-0.2, -0.15) is 0 Å². The summed E-state index contributed by atoms with van der Waals surface area (Å²) in [6.45, 7) is 4.34. The molecule has 0 saturated heterocycles. The van der Waals surface area contributed by atoms with Crippen molar-refractivity contribution in [2.24, 2.45) is 11.8 Å². The summed E-state index contributed by atoms with van der Waals surface area (Å²) in [5.41, 5.74) is 2.25. The second kappa shape index (κ2) is 6.11. The average Bonchev–Trinajstić information content (AvgIpc) is 2.87. The molecule has 1 heterocycles. The summed E-state index contributed by atoms with van der Waals surface area (Å²) >= 11 is 6.22. The number of halogens is 1. The number of aromatic nitrogens is 1. The van der Waals surface area contributed by atoms with Crippen LogP contribution in [-0.2, 0) is 6.54 Å². The first-order valence-corrected chi connectivity index (χ1v) is 7.84. The van der Waals surface area contributed by atoms with E-state index in [2.05, 4.69) is 23.3 Å². The fourth-order valence-electron chi connectivity index (χ4n) is 3.26. The number of nitrogens with zero attached hydrogens (tertiary/aromatic N) is 1. The first-order chi connectivity index (χ1) is 9.74. The van der Waals surface area contributed by atoms with Crippen molar-refractivity contribution in [2.45, 2.75) is 32.7 Å². The largest absolute Gasteiger partial charge is 0.312 e. The van der Waals surface area contributed by atoms with Crippen LogP contribution in [-0.4, -0.2) is 11.5 Å². The molecule has 3 rings (SSSR count). The van der Waals surface area contributed by atoms with Crippen molar-refractivity contribution in [1.29, 1.82) is 0 Å². The van der Waals surface area contributed by atoms with Gasteiger partial charge in [0.15, 0.2) is 0 Å². The molecule has 1 fully saturated rings. The maximum Gasteiger partial charge on any atom is 0.0761 e. The number of pyridine rings is 1. The molecule has 1 aromatic heterocycles. The summed E-state index contributed by atoms with van der Waals surface area (Å²) in [4.78, 5) is 4.48. The van der Waals surface area contributed by atoms with Crippen molar-refractivity contribution < 1.29 is 0 Å². The average molecular weight is 289 g/mol. The van der Waals surface area contributed by atoms with Crippen LogP contribution in [0.2, 0.25) is 5.02 Å². The van der Waals surface area contributed by atoms with Crippen molar-refractivity contribution in [3.05, 3.63) is 41.0 Å². The topological polar surface area (TPSA) is 24.9 Å². The normalized spacial score (nSPS) is 22.5. The Morgan fingerprint density at radius 2 is 2.20 bits per heavy atom. The van der Waals surface area contributed by atoms with Gasteiger partial charge in [-0.3, -0.25) is 4.98 Å². The summed E-state index contributed by atoms with van der Waals surface area (Å²) in [6, 6.07) is 8.03. The van der Waals surface area contributed by atoms with E-state index in [0.29, 0.717) is 0 Å². The molecule has 2 aromatic rings. The number of hydrogen-bond acceptors (Lipinski definition) is 2. The number of fused-ring (bicyclic) bond motifs is 1. The van der Waals surface area contributed by atoms with Gasteiger partial charge >= 0.3 is 0 Å². The van der Waals surface area contributed by atoms with Gasteiger partial charge in [-0.15, -0.1) is 0 Å². The van der Waals surface area contributed by atoms with Crippen LogP contribution < -0.4 is 5.32 Å². The molecular formula is C17H21ClN2. The van der Waals surface area contributed by atoms with Crippen LogP contribution >= 0.6 is 11.6 Å². The first-order valence-electron chi connectivity index (χ1n) is 7.47. The Morgan fingerprint density at radius 3 is 3.00 bits per heavy atom. The molecule has 106 valence electrons. The van der Waals surface area contributed by atoms with E-state index < -0.39 is 0 Å². The lowest BCUT2D eigenvalue weighted by atomic mass is 10.1. The third-order valence-electron chi connectivity index (χ3n) is 4.35. The second-order valence-corrected chi connectivity index (χ2v) is 6.43. The second-order valence-electron chi connectivity index (χ2n) is 6.02. The lowest BCUT2D eigenvalue weighted by Gasteiger charge is -2.12. The van der Waals surface area contributed by atoms with Crippen LogP contribution in [0, 0.1) is 11.8 Å². The third kappa shape index (κ3) is 2.97. The number of hydrogen-bond donors (Lipinski definition) is 1. The standard InChI is InChI=1S/C17H21ClN2/c1-12-4-5-13(9-12)10-19-11-14-6-7-16(18)15-3-2-8-20-17(14)15/h2-3,6-8,12-13,19H,4-5,9-11H2,1H3. The van der Waals surface area contributed by atoms with Gasteiger partial charge in [-0.1, -0.05) is 31.0 Å². The molecule has 1 aliphatic carbocycles. The van der Waals surface area contributed by atoms with E-state index in [1.165, 1.54) is 24.8 Å². The molecule has 1 aromatic carbocycles. The highest BCUT2D eigenvalue weighted by Gasteiger charge is 2.20. The predicted octanol–water partition coefficient (Wildman–Crippen LogP) is 4.41. The summed E-state index contributed by atoms with van der Waals surface area (Å²) < 4.78 is 0. The van der Waals surface area contributed by atoms with Crippen LogP contribution in [0.15, 0.2) is 30.5 Å². The summed E-state index contributed by atoms with van der Waals surface area (Å²) in [5.74, 6) is 1.75. The van der Waals surface area contributed by atoms with E-state index in [-0.39, 0.29) is 0 Å². The molecule has 3 heteroatoms. The van der Waals surface area contributed by atoms with Gasteiger partial charge in [0.1, 0.15) is 0 Å². The van der Waals surface area contributed by atoms with E-state index in [1.54, 1.807) is 0 Å². The molecule has 1 aliphatic rings. The zero-order chi connectivity index (χ0) is 13.9. The van der Waals surface area contributed by atoms with E-state index >= 15 is 0 Å². The lowest BCUT2D eigenvalue weighted by molar-refractivity contribution is 0.471. The van der Waals surface area contributed by atoms with Crippen molar-refractivity contribution in [2.75, 3.05) is 6.54 Å². The lowest BCUT2D eigenvalue weighted by Crippen LogP contribution is -2.21. The van der Waals surface area contributed by atoms with Gasteiger partial charge in [-0.25, -0.2) is 0 Å². The third-order valence-corrected chi connectivity index (χ3v) is 4.68. The SMILES string of the molecule is CC1CCC(CNCc2ccc(Cl)c3cccnc23)C1. The summed E-state index contributed by atoms with van der Waals surface area (Å²) in [5, 5.41) is 5.42. The minimum Gasteiger partial charge on any atom is -0.312 e. The highest BCUT2D eigenvalue weighted by atomic mass is 35.5. The van der Waals surface area contributed by atoms with Crippen LogP contribution in [0.3, 0.4) is 0 Å². The van der Waals surface area contributed by atoms with Crippen LogP contribution in [0.5, 0.6) is 0 Å². The highest BCUT2D eigenvalue weighted by Crippen LogP contribution is 2.30. The maximum atomic E-state index is 6.22. The predicted molar refractivity (Wildman–Crippen MR) is 85.0 cm³/mol. The number of nitrogens with one attached hydrogen (secondary N) is 1. The van der Waals surface area contributed by atoms with Gasteiger partial charge in [0.25, 0.3) is 0 Å². The quantitative estimate of drug-likeness (QED) is 0.901. The maximum absolute atomic E-state index is 6.22. The van der Waals surface area contributed by atoms with Crippen molar-refractivity contribution in [3.63, 3.8) is 0 Å². The molecule has 0 aliphatic heterocycles. The van der Waals surface area contributed by atoms with Crippen LogP contribution in [0.4, 0.5) is 0 Å². The Balaban J connectivity index is 1.67. The van der Waals surface area contributed by atoms with Crippen molar-refractivity contribution in [1.82, 2.24) is 10.3 Å². The molecule has 0 radical (unpaired) electrons. The van der Waals surface area contributed by atoms with Gasteiger partial charge in [0.2, 0.25) is 0 Å². The Morgan fingerprint density at radius 1 is 1.30 bits per heavy atom. The van der Waals surface area contributed by atoms with E-state index in [1.807, 2.05) is 24.4 Å². The van der Waals surface area contributed by atoms with Crippen molar-refractivity contribution >= 4 is 22.5 Å². The zero-order valence-electron chi connectivity index (χ0n) is 11.9. The summed E-state index contributed by atoms with van der Waals surface area (Å²) in [6.07, 6.45) is 5.96. The molecule has 0 amide bonds. The Kier molecular flexibility index (Phi) is 4.23. The molecule has 20 heavy (non-hydrogen) atoms. The number of rotatable bonds is 4. The van der Waals surface area contributed by atoms with Gasteiger partial charge in [-0.05, 0) is 55.0 Å². The Labute approximate surface area is 125 Å². The highest BCUT2D eigenvalue weighted by molar-refractivity contribution is 6.35. The van der Waals surface area contributed by atoms with Gasteiger partial charge < -0.3 is 5.32 Å². The molecule has 1 saturated carbocycles. The molecule has 2 nitrogen and oxygen atoms in total. The summed E-state index contributed by atoms with van der Waals surface area (Å²) in [7, 11) is 0. The Bertz CT molecular complexity index is 597. The molecule has 1 N–H and O–H groups in total. The van der Waals surface area contributed by atoms with Crippen LogP contribution in [0.1, 0.15) is 31.7 Å². The molecule has 0 bridgehead atoms. The van der Waals surface area contributed by atoms with Gasteiger partial charge in [0, 0.05) is 23.2 Å². The monoisotopic (exact) mass is 288 g/mol. The minimum absolute atomic E-state index is 0.779. The fraction of sp³-hybridized carbons (Fsp3) is 0.471. The van der Waals surface area contributed by atoms with Gasteiger partial charge in [0.05, 0.1) is 5.52 Å².